The highest BCUT2D eigenvalue weighted by Gasteiger charge is 2.52. The quantitative estimate of drug-likeness (QED) is 0.444. The largest absolute Gasteiger partial charge is 0.481 e. The molecule has 2 saturated carbocycles. The zero-order valence-electron chi connectivity index (χ0n) is 19.3. The summed E-state index contributed by atoms with van der Waals surface area (Å²) in [6.45, 7) is 0.0885. The van der Waals surface area contributed by atoms with Gasteiger partial charge in [-0.25, -0.2) is 8.78 Å². The van der Waals surface area contributed by atoms with Crippen LogP contribution in [-0.4, -0.2) is 23.5 Å². The zero-order chi connectivity index (χ0) is 24.6. The van der Waals surface area contributed by atoms with Gasteiger partial charge in [0.15, 0.2) is 0 Å². The number of nitrogens with one attached hydrogen (secondary N) is 1. The van der Waals surface area contributed by atoms with Crippen molar-refractivity contribution in [2.45, 2.75) is 37.5 Å². The Hall–Kier alpha value is -3.54. The normalized spacial score (nSPS) is 22.8. The first-order chi connectivity index (χ1) is 16.8. The Kier molecular flexibility index (Phi) is 6.13. The lowest BCUT2D eigenvalue weighted by atomic mass is 9.64. The number of halogens is 2. The Bertz CT molecular complexity index is 1240. The second-order valence-corrected chi connectivity index (χ2v) is 9.76. The number of carbonyl (C=O) groups excluding carboxylic acids is 1. The van der Waals surface area contributed by atoms with Crippen molar-refractivity contribution in [2.75, 3.05) is 6.54 Å². The molecule has 4 nitrogen and oxygen atoms in total. The number of carboxylic acid groups (broad SMARTS) is 1. The Morgan fingerprint density at radius 3 is 2.06 bits per heavy atom. The van der Waals surface area contributed by atoms with Crippen LogP contribution in [0, 0.1) is 23.5 Å². The van der Waals surface area contributed by atoms with Crippen LogP contribution in [0.1, 0.15) is 53.6 Å². The molecule has 2 N–H and O–H groups in total. The maximum Gasteiger partial charge on any atom is 0.305 e. The van der Waals surface area contributed by atoms with Gasteiger partial charge in [-0.2, -0.15) is 0 Å². The van der Waals surface area contributed by atoms with Gasteiger partial charge in [0.2, 0.25) is 0 Å². The number of hydrogen-bond acceptors (Lipinski definition) is 2. The zero-order valence-corrected chi connectivity index (χ0v) is 19.3. The van der Waals surface area contributed by atoms with Gasteiger partial charge < -0.3 is 10.4 Å². The van der Waals surface area contributed by atoms with Gasteiger partial charge >= 0.3 is 5.97 Å². The van der Waals surface area contributed by atoms with Crippen LogP contribution >= 0.6 is 0 Å². The van der Waals surface area contributed by atoms with E-state index in [0.29, 0.717) is 23.0 Å². The van der Waals surface area contributed by atoms with Gasteiger partial charge in [-0.15, -0.1) is 0 Å². The van der Waals surface area contributed by atoms with Crippen molar-refractivity contribution in [1.29, 1.82) is 0 Å². The Morgan fingerprint density at radius 1 is 0.886 bits per heavy atom. The minimum absolute atomic E-state index is 0.0885. The molecule has 2 aliphatic carbocycles. The summed E-state index contributed by atoms with van der Waals surface area (Å²) in [7, 11) is 0. The number of hydrogen-bond donors (Lipinski definition) is 2. The van der Waals surface area contributed by atoms with Gasteiger partial charge in [0.05, 0.1) is 6.42 Å². The van der Waals surface area contributed by atoms with E-state index in [0.717, 1.165) is 30.0 Å². The number of amides is 1. The van der Waals surface area contributed by atoms with Crippen molar-refractivity contribution in [3.63, 3.8) is 0 Å². The molecule has 2 bridgehead atoms. The first-order valence-electron chi connectivity index (χ1n) is 12.0. The molecule has 0 heterocycles. The van der Waals surface area contributed by atoms with Crippen LogP contribution in [-0.2, 0) is 10.2 Å². The Morgan fingerprint density at radius 2 is 1.51 bits per heavy atom. The number of carbonyl (C=O) groups is 2. The van der Waals surface area contributed by atoms with E-state index in [2.05, 4.69) is 17.4 Å². The van der Waals surface area contributed by atoms with E-state index in [1.807, 2.05) is 36.4 Å². The predicted molar refractivity (Wildman–Crippen MR) is 129 cm³/mol. The maximum absolute atomic E-state index is 13.7. The fourth-order valence-corrected chi connectivity index (χ4v) is 6.19. The second kappa shape index (κ2) is 9.25. The third-order valence-electron chi connectivity index (χ3n) is 7.73. The van der Waals surface area contributed by atoms with Gasteiger partial charge in [0, 0.05) is 23.6 Å². The molecule has 6 heteroatoms. The summed E-state index contributed by atoms with van der Waals surface area (Å²) >= 11 is 0. The highest BCUT2D eigenvalue weighted by molar-refractivity contribution is 5.94. The lowest BCUT2D eigenvalue weighted by Crippen LogP contribution is -2.34. The molecule has 0 radical (unpaired) electrons. The summed E-state index contributed by atoms with van der Waals surface area (Å²) in [6.07, 6.45) is 4.48. The molecule has 2 fully saturated rings. The third-order valence-corrected chi connectivity index (χ3v) is 7.73. The summed E-state index contributed by atoms with van der Waals surface area (Å²) in [5.74, 6) is -1.27. The predicted octanol–water partition coefficient (Wildman–Crippen LogP) is 5.94. The van der Waals surface area contributed by atoms with E-state index in [4.69, 9.17) is 5.11 Å². The van der Waals surface area contributed by atoms with Gasteiger partial charge in [-0.1, -0.05) is 42.8 Å². The fraction of sp³-hybridized carbons (Fsp3) is 0.310. The van der Waals surface area contributed by atoms with E-state index >= 15 is 0 Å². The number of benzene rings is 3. The molecular weight excluding hydrogens is 448 g/mol. The highest BCUT2D eigenvalue weighted by atomic mass is 19.1. The molecule has 0 aliphatic heterocycles. The van der Waals surface area contributed by atoms with Crippen molar-refractivity contribution < 1.29 is 23.5 Å². The number of fused-ring (bicyclic) bond motifs is 2. The second-order valence-electron chi connectivity index (χ2n) is 9.76. The Labute approximate surface area is 203 Å². The lowest BCUT2D eigenvalue weighted by molar-refractivity contribution is -0.136. The van der Waals surface area contributed by atoms with Gasteiger partial charge in [0.25, 0.3) is 5.91 Å². The molecule has 2 aliphatic rings. The molecule has 1 amide bonds. The standard InChI is InChI=1S/C29H27F2NO3/c30-25-14-21(15-26(31)16-25)19-2-7-22(8-3-19)29(17-18-1-6-24(29)13-18)23-9-4-20(5-10-23)28(35)32-12-11-27(33)34/h2-5,7-10,14-16,18,24H,1,6,11-13,17H2,(H,32,35)(H,33,34). The summed E-state index contributed by atoms with van der Waals surface area (Å²) in [4.78, 5) is 23.1. The van der Waals surface area contributed by atoms with Crippen LogP contribution in [0.15, 0.2) is 66.7 Å². The number of rotatable bonds is 7. The smallest absolute Gasteiger partial charge is 0.305 e. The summed E-state index contributed by atoms with van der Waals surface area (Å²) in [6, 6.07) is 19.2. The van der Waals surface area contributed by atoms with Crippen LogP contribution < -0.4 is 5.32 Å². The van der Waals surface area contributed by atoms with Crippen molar-refractivity contribution in [2.24, 2.45) is 11.8 Å². The number of carboxylic acids is 1. The molecule has 5 rings (SSSR count). The van der Waals surface area contributed by atoms with E-state index in [-0.39, 0.29) is 24.3 Å². The molecule has 3 atom stereocenters. The minimum atomic E-state index is -0.951. The summed E-state index contributed by atoms with van der Waals surface area (Å²) in [5, 5.41) is 11.4. The molecule has 0 aromatic heterocycles. The number of aliphatic carboxylic acids is 1. The van der Waals surface area contributed by atoms with E-state index < -0.39 is 17.6 Å². The average molecular weight is 476 g/mol. The summed E-state index contributed by atoms with van der Waals surface area (Å²) < 4.78 is 27.4. The molecule has 180 valence electrons. The van der Waals surface area contributed by atoms with Gasteiger partial charge in [-0.3, -0.25) is 9.59 Å². The van der Waals surface area contributed by atoms with Crippen molar-refractivity contribution >= 4 is 11.9 Å². The molecule has 3 aromatic rings. The fourth-order valence-electron chi connectivity index (χ4n) is 6.19. The monoisotopic (exact) mass is 475 g/mol. The van der Waals surface area contributed by atoms with Crippen molar-refractivity contribution in [3.05, 3.63) is 95.1 Å². The van der Waals surface area contributed by atoms with Crippen LogP contribution in [0.4, 0.5) is 8.78 Å². The van der Waals surface area contributed by atoms with Crippen molar-refractivity contribution in [1.82, 2.24) is 5.32 Å². The van der Waals surface area contributed by atoms with Crippen LogP contribution in [0.25, 0.3) is 11.1 Å². The molecule has 3 aromatic carbocycles. The average Bonchev–Trinajstić information content (AvgIpc) is 3.46. The third kappa shape index (κ3) is 4.45. The molecular formula is C29H27F2NO3. The highest BCUT2D eigenvalue weighted by Crippen LogP contribution is 2.60. The van der Waals surface area contributed by atoms with Gasteiger partial charge in [0.1, 0.15) is 11.6 Å². The first-order valence-corrected chi connectivity index (χ1v) is 12.0. The molecule has 0 spiro atoms. The van der Waals surface area contributed by atoms with E-state index in [9.17, 15) is 18.4 Å². The first kappa shape index (κ1) is 23.2. The van der Waals surface area contributed by atoms with Crippen LogP contribution in [0.3, 0.4) is 0 Å². The molecule has 3 unspecified atom stereocenters. The van der Waals surface area contributed by atoms with E-state index in [1.54, 1.807) is 0 Å². The molecule has 0 saturated heterocycles. The molecule has 35 heavy (non-hydrogen) atoms. The topological polar surface area (TPSA) is 66.4 Å². The maximum atomic E-state index is 13.7. The van der Waals surface area contributed by atoms with Crippen molar-refractivity contribution in [3.8, 4) is 11.1 Å². The van der Waals surface area contributed by atoms with Gasteiger partial charge in [-0.05, 0) is 77.6 Å². The van der Waals surface area contributed by atoms with Crippen LogP contribution in [0.2, 0.25) is 0 Å². The lowest BCUT2D eigenvalue weighted by Gasteiger charge is -2.39. The SMILES string of the molecule is O=C(O)CCNC(=O)c1ccc(C2(c3ccc(-c4cc(F)cc(F)c4)cc3)CC3CCC2C3)cc1. The van der Waals surface area contributed by atoms with Crippen LogP contribution in [0.5, 0.6) is 0 Å². The van der Waals surface area contributed by atoms with E-state index in [1.165, 1.54) is 30.5 Å². The minimum Gasteiger partial charge on any atom is -0.481 e. The summed E-state index contributed by atoms with van der Waals surface area (Å²) in [5.41, 5.74) is 3.96. The Balaban J connectivity index is 1.44.